The first-order valence-corrected chi connectivity index (χ1v) is 6.91. The lowest BCUT2D eigenvalue weighted by Gasteiger charge is -1.96. The van der Waals surface area contributed by atoms with Gasteiger partial charge in [0.25, 0.3) is 0 Å². The maximum absolute atomic E-state index is 11.0. The van der Waals surface area contributed by atoms with Crippen molar-refractivity contribution in [2.24, 2.45) is 0 Å². The summed E-state index contributed by atoms with van der Waals surface area (Å²) in [5, 5.41) is 9.00. The number of aromatic carboxylic acids is 1. The van der Waals surface area contributed by atoms with E-state index in [1.165, 1.54) is 11.6 Å². The van der Waals surface area contributed by atoms with Crippen molar-refractivity contribution in [3.8, 4) is 0 Å². The third-order valence-corrected chi connectivity index (χ3v) is 3.99. The molecule has 1 heterocycles. The fourth-order valence-electron chi connectivity index (χ4n) is 2.77. The van der Waals surface area contributed by atoms with Gasteiger partial charge >= 0.3 is 5.97 Å². The highest BCUT2D eigenvalue weighted by molar-refractivity contribution is 5.91. The Balaban J connectivity index is 1.65. The largest absolute Gasteiger partial charge is 0.478 e. The first-order valence-electron chi connectivity index (χ1n) is 6.91. The van der Waals surface area contributed by atoms with Crippen molar-refractivity contribution in [1.82, 2.24) is 4.98 Å². The van der Waals surface area contributed by atoms with Gasteiger partial charge in [-0.3, -0.25) is 0 Å². The SMILES string of the molecule is O=C(O)c1ccc2nc(C3CC3c3ccccc3)oc2c1. The van der Waals surface area contributed by atoms with Crippen LogP contribution in [0.2, 0.25) is 0 Å². The zero-order valence-corrected chi connectivity index (χ0v) is 11.2. The minimum atomic E-state index is -0.955. The van der Waals surface area contributed by atoms with Gasteiger partial charge in [0.05, 0.1) is 5.56 Å². The molecule has 104 valence electrons. The monoisotopic (exact) mass is 279 g/mol. The van der Waals surface area contributed by atoms with Crippen LogP contribution in [0.1, 0.15) is 40.1 Å². The second kappa shape index (κ2) is 4.45. The van der Waals surface area contributed by atoms with Gasteiger partial charge in [-0.15, -0.1) is 0 Å². The van der Waals surface area contributed by atoms with Crippen LogP contribution >= 0.6 is 0 Å². The second-order valence-corrected chi connectivity index (χ2v) is 5.40. The Labute approximate surface area is 121 Å². The number of oxazole rings is 1. The van der Waals surface area contributed by atoms with Gasteiger partial charge in [-0.1, -0.05) is 30.3 Å². The van der Waals surface area contributed by atoms with Crippen LogP contribution < -0.4 is 0 Å². The maximum atomic E-state index is 11.0. The summed E-state index contributed by atoms with van der Waals surface area (Å²) in [5.41, 5.74) is 2.79. The van der Waals surface area contributed by atoms with Gasteiger partial charge in [0.1, 0.15) is 5.52 Å². The fourth-order valence-corrected chi connectivity index (χ4v) is 2.77. The Kier molecular flexibility index (Phi) is 2.57. The van der Waals surface area contributed by atoms with Gasteiger partial charge in [0, 0.05) is 5.92 Å². The lowest BCUT2D eigenvalue weighted by Crippen LogP contribution is -1.94. The Bertz CT molecular complexity index is 822. The molecule has 2 aromatic carbocycles. The van der Waals surface area contributed by atoms with E-state index in [0.717, 1.165) is 6.42 Å². The molecule has 1 aliphatic carbocycles. The molecule has 0 spiro atoms. The molecule has 3 aromatic rings. The zero-order chi connectivity index (χ0) is 14.4. The van der Waals surface area contributed by atoms with E-state index in [9.17, 15) is 4.79 Å². The highest BCUT2D eigenvalue weighted by atomic mass is 16.4. The summed E-state index contributed by atoms with van der Waals surface area (Å²) >= 11 is 0. The van der Waals surface area contributed by atoms with Gasteiger partial charge in [-0.05, 0) is 36.1 Å². The predicted octanol–water partition coefficient (Wildman–Crippen LogP) is 3.80. The normalized spacial score (nSPS) is 20.6. The molecule has 2 unspecified atom stereocenters. The summed E-state index contributed by atoms with van der Waals surface area (Å²) in [6.07, 6.45) is 1.03. The molecular weight excluding hydrogens is 266 g/mol. The molecule has 1 fully saturated rings. The van der Waals surface area contributed by atoms with E-state index >= 15 is 0 Å². The number of carboxylic acids is 1. The molecule has 1 aliphatic rings. The zero-order valence-electron chi connectivity index (χ0n) is 11.2. The molecule has 2 atom stereocenters. The molecule has 21 heavy (non-hydrogen) atoms. The Morgan fingerprint density at radius 2 is 1.95 bits per heavy atom. The predicted molar refractivity (Wildman–Crippen MR) is 77.5 cm³/mol. The van der Waals surface area contributed by atoms with Crippen molar-refractivity contribution < 1.29 is 14.3 Å². The molecule has 0 bridgehead atoms. The van der Waals surface area contributed by atoms with Crippen molar-refractivity contribution in [2.75, 3.05) is 0 Å². The van der Waals surface area contributed by atoms with E-state index in [0.29, 0.717) is 28.8 Å². The van der Waals surface area contributed by atoms with Crippen LogP contribution in [0.15, 0.2) is 52.9 Å². The summed E-state index contributed by atoms with van der Waals surface area (Å²) in [4.78, 5) is 15.5. The summed E-state index contributed by atoms with van der Waals surface area (Å²) < 4.78 is 5.76. The summed E-state index contributed by atoms with van der Waals surface area (Å²) in [5.74, 6) is 0.510. The van der Waals surface area contributed by atoms with Gasteiger partial charge in [-0.2, -0.15) is 0 Å². The Morgan fingerprint density at radius 1 is 1.14 bits per heavy atom. The van der Waals surface area contributed by atoms with Gasteiger partial charge in [-0.25, -0.2) is 9.78 Å². The summed E-state index contributed by atoms with van der Waals surface area (Å²) in [7, 11) is 0. The van der Waals surface area contributed by atoms with Crippen LogP contribution in [0.3, 0.4) is 0 Å². The minimum absolute atomic E-state index is 0.223. The molecule has 0 saturated heterocycles. The van der Waals surface area contributed by atoms with E-state index in [4.69, 9.17) is 9.52 Å². The average Bonchev–Trinajstić information content (AvgIpc) is 3.19. The van der Waals surface area contributed by atoms with Crippen molar-refractivity contribution in [3.63, 3.8) is 0 Å². The number of hydrogen-bond donors (Lipinski definition) is 1. The molecule has 0 amide bonds. The molecular formula is C17H13NO3. The molecule has 0 radical (unpaired) electrons. The van der Waals surface area contributed by atoms with E-state index in [-0.39, 0.29) is 5.56 Å². The maximum Gasteiger partial charge on any atom is 0.335 e. The van der Waals surface area contributed by atoms with Gasteiger partial charge in [0.15, 0.2) is 11.5 Å². The van der Waals surface area contributed by atoms with Gasteiger partial charge < -0.3 is 9.52 Å². The van der Waals surface area contributed by atoms with Crippen molar-refractivity contribution in [3.05, 3.63) is 65.5 Å². The smallest absolute Gasteiger partial charge is 0.335 e. The van der Waals surface area contributed by atoms with E-state index < -0.39 is 5.97 Å². The number of rotatable bonds is 3. The number of carboxylic acid groups (broad SMARTS) is 1. The number of carbonyl (C=O) groups is 1. The van der Waals surface area contributed by atoms with Crippen LogP contribution in [-0.4, -0.2) is 16.1 Å². The molecule has 1 aromatic heterocycles. The highest BCUT2D eigenvalue weighted by Crippen LogP contribution is 2.54. The Hall–Kier alpha value is -2.62. The standard InChI is InChI=1S/C17H13NO3/c19-17(20)11-6-7-14-15(8-11)21-16(18-14)13-9-12(13)10-4-2-1-3-5-10/h1-8,12-13H,9H2,(H,19,20). The van der Waals surface area contributed by atoms with Crippen LogP contribution in [0.5, 0.6) is 0 Å². The number of benzene rings is 2. The first-order chi connectivity index (χ1) is 10.2. The third-order valence-electron chi connectivity index (χ3n) is 3.99. The minimum Gasteiger partial charge on any atom is -0.478 e. The molecule has 4 nitrogen and oxygen atoms in total. The van der Waals surface area contributed by atoms with Crippen LogP contribution in [0, 0.1) is 0 Å². The number of nitrogens with zero attached hydrogens (tertiary/aromatic N) is 1. The van der Waals surface area contributed by atoms with Crippen LogP contribution in [0.25, 0.3) is 11.1 Å². The van der Waals surface area contributed by atoms with E-state index in [1.54, 1.807) is 12.1 Å². The van der Waals surface area contributed by atoms with Crippen molar-refractivity contribution >= 4 is 17.1 Å². The third kappa shape index (κ3) is 2.09. The summed E-state index contributed by atoms with van der Waals surface area (Å²) in [6.45, 7) is 0. The quantitative estimate of drug-likeness (QED) is 0.792. The molecule has 1 N–H and O–H groups in total. The molecule has 4 rings (SSSR count). The van der Waals surface area contributed by atoms with Crippen molar-refractivity contribution in [2.45, 2.75) is 18.3 Å². The lowest BCUT2D eigenvalue weighted by atomic mass is 10.1. The average molecular weight is 279 g/mol. The number of hydrogen-bond acceptors (Lipinski definition) is 3. The lowest BCUT2D eigenvalue weighted by molar-refractivity contribution is 0.0697. The second-order valence-electron chi connectivity index (χ2n) is 5.40. The number of fused-ring (bicyclic) bond motifs is 1. The molecule has 0 aliphatic heterocycles. The fraction of sp³-hybridized carbons (Fsp3) is 0.176. The van der Waals surface area contributed by atoms with E-state index in [2.05, 4.69) is 17.1 Å². The van der Waals surface area contributed by atoms with Crippen LogP contribution in [-0.2, 0) is 0 Å². The van der Waals surface area contributed by atoms with Crippen LogP contribution in [0.4, 0.5) is 0 Å². The topological polar surface area (TPSA) is 63.3 Å². The molecule has 4 heteroatoms. The highest BCUT2D eigenvalue weighted by Gasteiger charge is 2.43. The summed E-state index contributed by atoms with van der Waals surface area (Å²) in [6, 6.07) is 15.1. The van der Waals surface area contributed by atoms with Gasteiger partial charge in [0.2, 0.25) is 0 Å². The van der Waals surface area contributed by atoms with Crippen molar-refractivity contribution in [1.29, 1.82) is 0 Å². The van der Waals surface area contributed by atoms with E-state index in [1.807, 2.05) is 18.2 Å². The Morgan fingerprint density at radius 3 is 2.71 bits per heavy atom. The molecule has 1 saturated carbocycles. The number of aromatic nitrogens is 1. The first kappa shape index (κ1) is 12.1.